The molecule has 0 radical (unpaired) electrons. The Hall–Kier alpha value is -1.52. The number of alkyl halides is 1. The van der Waals surface area contributed by atoms with Crippen molar-refractivity contribution < 1.29 is 9.53 Å². The van der Waals surface area contributed by atoms with Gasteiger partial charge in [-0.2, -0.15) is 0 Å². The lowest BCUT2D eigenvalue weighted by Crippen LogP contribution is -2.41. The third-order valence-corrected chi connectivity index (χ3v) is 6.87. The number of piperidine rings is 1. The SMILES string of the molecule is CCC1C[C@@H]2C/C(C(=O)OC)=C3/Nc4ccccc4C3(Cl)CCN(C1)C2. The van der Waals surface area contributed by atoms with Crippen molar-refractivity contribution in [3.8, 4) is 0 Å². The number of fused-ring (bicyclic) bond motifs is 5. The Morgan fingerprint density at radius 3 is 2.96 bits per heavy atom. The summed E-state index contributed by atoms with van der Waals surface area (Å²) in [6.45, 7) is 5.39. The Morgan fingerprint density at radius 1 is 1.38 bits per heavy atom. The van der Waals surface area contributed by atoms with E-state index in [1.54, 1.807) is 0 Å². The molecule has 3 aliphatic heterocycles. The van der Waals surface area contributed by atoms with Crippen LogP contribution in [0.1, 0.15) is 38.2 Å². The van der Waals surface area contributed by atoms with Crippen LogP contribution >= 0.6 is 11.6 Å². The molecular formula is C21H27ClN2O2. The summed E-state index contributed by atoms with van der Waals surface area (Å²) in [7, 11) is 1.46. The lowest BCUT2D eigenvalue weighted by Gasteiger charge is -2.37. The Bertz CT molecular complexity index is 747. The zero-order valence-electron chi connectivity index (χ0n) is 15.6. The van der Waals surface area contributed by atoms with Crippen LogP contribution in [0, 0.1) is 11.8 Å². The van der Waals surface area contributed by atoms with E-state index >= 15 is 0 Å². The fourth-order valence-corrected chi connectivity index (χ4v) is 5.35. The van der Waals surface area contributed by atoms with Crippen molar-refractivity contribution >= 4 is 23.3 Å². The lowest BCUT2D eigenvalue weighted by atomic mass is 9.83. The molecule has 3 heterocycles. The maximum absolute atomic E-state index is 12.7. The molecule has 140 valence electrons. The summed E-state index contributed by atoms with van der Waals surface area (Å²) in [6.07, 6.45) is 3.87. The van der Waals surface area contributed by atoms with Crippen molar-refractivity contribution in [2.75, 3.05) is 32.1 Å². The molecular weight excluding hydrogens is 348 g/mol. The van der Waals surface area contributed by atoms with Gasteiger partial charge in [0.05, 0.1) is 18.4 Å². The molecule has 26 heavy (non-hydrogen) atoms. The molecule has 3 aliphatic rings. The molecule has 0 saturated carbocycles. The maximum atomic E-state index is 12.7. The summed E-state index contributed by atoms with van der Waals surface area (Å²) < 4.78 is 5.16. The Morgan fingerprint density at radius 2 is 2.19 bits per heavy atom. The number of rotatable bonds is 2. The first-order valence-corrected chi connectivity index (χ1v) is 10.0. The van der Waals surface area contributed by atoms with Crippen molar-refractivity contribution in [2.45, 2.75) is 37.5 Å². The molecule has 4 atom stereocenters. The standard InChI is InChI=1S/C21H27ClN2O2/c1-3-14-10-15-11-16(20(25)26-2)19-21(22,8-9-24(12-14)13-15)17-6-4-5-7-18(17)23-19/h4-7,14-15,23H,3,8-13H2,1-2H3/b19-16-/t14?,15-,21?/m1/s1. The number of benzene rings is 1. The fourth-order valence-electron chi connectivity index (χ4n) is 4.94. The molecule has 3 unspecified atom stereocenters. The van der Waals surface area contributed by atoms with Crippen LogP contribution in [0.15, 0.2) is 35.5 Å². The van der Waals surface area contributed by atoms with Gasteiger partial charge in [0.15, 0.2) is 0 Å². The highest BCUT2D eigenvalue weighted by Gasteiger charge is 2.46. The summed E-state index contributed by atoms with van der Waals surface area (Å²) in [5, 5.41) is 3.47. The highest BCUT2D eigenvalue weighted by molar-refractivity contribution is 6.28. The van der Waals surface area contributed by atoms with Crippen molar-refractivity contribution in [2.24, 2.45) is 11.8 Å². The van der Waals surface area contributed by atoms with Crippen LogP contribution in [0.3, 0.4) is 0 Å². The number of allylic oxidation sites excluding steroid dienone is 1. The molecule has 0 aromatic heterocycles. The van der Waals surface area contributed by atoms with Crippen LogP contribution in [0.2, 0.25) is 0 Å². The van der Waals surface area contributed by atoms with Gasteiger partial charge in [0.25, 0.3) is 0 Å². The molecule has 2 bridgehead atoms. The molecule has 1 aromatic carbocycles. The molecule has 1 saturated heterocycles. The minimum absolute atomic E-state index is 0.252. The summed E-state index contributed by atoms with van der Waals surface area (Å²) in [4.78, 5) is 14.6. The topological polar surface area (TPSA) is 41.6 Å². The van der Waals surface area contributed by atoms with Crippen molar-refractivity contribution in [1.29, 1.82) is 0 Å². The molecule has 4 rings (SSSR count). The molecule has 0 aliphatic carbocycles. The normalized spacial score (nSPS) is 36.0. The Labute approximate surface area is 160 Å². The number of anilines is 1. The average molecular weight is 375 g/mol. The number of nitrogens with zero attached hydrogens (tertiary/aromatic N) is 1. The maximum Gasteiger partial charge on any atom is 0.335 e. The minimum atomic E-state index is -0.681. The number of para-hydroxylation sites is 1. The molecule has 4 nitrogen and oxygen atoms in total. The van der Waals surface area contributed by atoms with E-state index in [0.717, 1.165) is 55.0 Å². The summed E-state index contributed by atoms with van der Waals surface area (Å²) in [5.41, 5.74) is 3.64. The number of hydrogen-bond donors (Lipinski definition) is 1. The first kappa shape index (κ1) is 17.9. The fraction of sp³-hybridized carbons (Fsp3) is 0.571. The third kappa shape index (κ3) is 2.93. The van der Waals surface area contributed by atoms with Gasteiger partial charge in [-0.05, 0) is 37.2 Å². The number of esters is 1. The number of hydrogen-bond acceptors (Lipinski definition) is 4. The van der Waals surface area contributed by atoms with Gasteiger partial charge in [0, 0.05) is 30.9 Å². The van der Waals surface area contributed by atoms with E-state index in [0.29, 0.717) is 11.8 Å². The molecule has 5 heteroatoms. The second-order valence-corrected chi connectivity index (χ2v) is 8.55. The van der Waals surface area contributed by atoms with Gasteiger partial charge < -0.3 is 15.0 Å². The van der Waals surface area contributed by atoms with E-state index in [9.17, 15) is 4.79 Å². The average Bonchev–Trinajstić information content (AvgIpc) is 2.97. The van der Waals surface area contributed by atoms with Crippen LogP contribution in [0.25, 0.3) is 0 Å². The smallest absolute Gasteiger partial charge is 0.335 e. The van der Waals surface area contributed by atoms with E-state index in [-0.39, 0.29) is 5.97 Å². The van der Waals surface area contributed by atoms with Gasteiger partial charge in [0.2, 0.25) is 0 Å². The number of carbonyl (C=O) groups is 1. The minimum Gasteiger partial charge on any atom is -0.466 e. The molecule has 0 spiro atoms. The first-order valence-electron chi connectivity index (χ1n) is 9.65. The van der Waals surface area contributed by atoms with Crippen LogP contribution in [0.4, 0.5) is 5.69 Å². The number of nitrogens with one attached hydrogen (secondary N) is 1. The van der Waals surface area contributed by atoms with Gasteiger partial charge in [-0.15, -0.1) is 11.6 Å². The van der Waals surface area contributed by atoms with Crippen molar-refractivity contribution in [3.05, 3.63) is 41.1 Å². The third-order valence-electron chi connectivity index (χ3n) is 6.29. The van der Waals surface area contributed by atoms with Gasteiger partial charge in [-0.25, -0.2) is 4.79 Å². The number of methoxy groups -OCH3 is 1. The van der Waals surface area contributed by atoms with E-state index in [1.165, 1.54) is 20.0 Å². The van der Waals surface area contributed by atoms with Crippen molar-refractivity contribution in [3.63, 3.8) is 0 Å². The van der Waals surface area contributed by atoms with Crippen LogP contribution in [-0.2, 0) is 14.4 Å². The quantitative estimate of drug-likeness (QED) is 0.624. The van der Waals surface area contributed by atoms with Gasteiger partial charge in [-0.3, -0.25) is 0 Å². The monoisotopic (exact) mass is 374 g/mol. The second-order valence-electron chi connectivity index (χ2n) is 7.91. The highest BCUT2D eigenvalue weighted by Crippen LogP contribution is 2.52. The van der Waals surface area contributed by atoms with E-state index in [1.807, 2.05) is 18.2 Å². The van der Waals surface area contributed by atoms with Crippen LogP contribution in [0.5, 0.6) is 0 Å². The second kappa shape index (κ2) is 6.90. The lowest BCUT2D eigenvalue weighted by molar-refractivity contribution is -0.136. The largest absolute Gasteiger partial charge is 0.466 e. The van der Waals surface area contributed by atoms with Gasteiger partial charge >= 0.3 is 5.97 Å². The van der Waals surface area contributed by atoms with Crippen LogP contribution in [-0.4, -0.2) is 37.6 Å². The van der Waals surface area contributed by atoms with Crippen LogP contribution < -0.4 is 5.32 Å². The zero-order chi connectivity index (χ0) is 18.3. The first-order chi connectivity index (χ1) is 12.5. The van der Waals surface area contributed by atoms with Crippen molar-refractivity contribution in [1.82, 2.24) is 4.90 Å². The van der Waals surface area contributed by atoms with E-state index in [2.05, 4.69) is 23.2 Å². The van der Waals surface area contributed by atoms with E-state index in [4.69, 9.17) is 16.3 Å². The van der Waals surface area contributed by atoms with Gasteiger partial charge in [-0.1, -0.05) is 31.5 Å². The Kier molecular flexibility index (Phi) is 4.74. The Balaban J connectivity index is 1.81. The molecule has 0 amide bonds. The number of carbonyl (C=O) groups excluding carboxylic acids is 1. The predicted octanol–water partition coefficient (Wildman–Crippen LogP) is 4.12. The van der Waals surface area contributed by atoms with E-state index < -0.39 is 4.87 Å². The van der Waals surface area contributed by atoms with Gasteiger partial charge in [0.1, 0.15) is 4.87 Å². The summed E-state index contributed by atoms with van der Waals surface area (Å²) in [6, 6.07) is 8.13. The predicted molar refractivity (Wildman–Crippen MR) is 104 cm³/mol. The zero-order valence-corrected chi connectivity index (χ0v) is 16.3. The number of ether oxygens (including phenoxy) is 1. The molecule has 1 N–H and O–H groups in total. The molecule has 1 aromatic rings. The summed E-state index contributed by atoms with van der Waals surface area (Å²) >= 11 is 7.25. The highest BCUT2D eigenvalue weighted by atomic mass is 35.5. The molecule has 1 fully saturated rings. The summed E-state index contributed by atoms with van der Waals surface area (Å²) in [5.74, 6) is 0.916. The number of halogens is 1.